The van der Waals surface area contributed by atoms with Crippen LogP contribution in [0.5, 0.6) is 0 Å². The van der Waals surface area contributed by atoms with Crippen LogP contribution in [0.2, 0.25) is 0 Å². The number of benzene rings is 1. The number of aromatic amines is 1. The largest absolute Gasteiger partial charge is 0.351 e. The minimum Gasteiger partial charge on any atom is -0.351 e. The fourth-order valence-electron chi connectivity index (χ4n) is 3.26. The Morgan fingerprint density at radius 1 is 1.30 bits per heavy atom. The van der Waals surface area contributed by atoms with E-state index in [2.05, 4.69) is 61.2 Å². The maximum atomic E-state index is 12.5. The highest BCUT2D eigenvalue weighted by Gasteiger charge is 2.21. The second kappa shape index (κ2) is 6.00. The van der Waals surface area contributed by atoms with Crippen molar-refractivity contribution in [1.29, 1.82) is 0 Å². The number of likely N-dealkylation sites (tertiary alicyclic amines) is 1. The number of fused-ring (bicyclic) bond motifs is 1. The van der Waals surface area contributed by atoms with Crippen LogP contribution >= 0.6 is 0 Å². The first-order valence-electron chi connectivity index (χ1n) is 8.45. The highest BCUT2D eigenvalue weighted by atomic mass is 16.1. The number of nitrogens with zero attached hydrogens (tertiary/aromatic N) is 1. The van der Waals surface area contributed by atoms with Gasteiger partial charge in [-0.25, -0.2) is 0 Å². The number of amides is 1. The first-order chi connectivity index (χ1) is 10.8. The highest BCUT2D eigenvalue weighted by Crippen LogP contribution is 2.26. The molecule has 1 saturated heterocycles. The Kier molecular flexibility index (Phi) is 4.19. The number of aromatic nitrogens is 1. The number of piperidine rings is 1. The highest BCUT2D eigenvalue weighted by molar-refractivity contribution is 5.98. The van der Waals surface area contributed by atoms with Gasteiger partial charge in [-0.3, -0.25) is 4.79 Å². The molecule has 2 aromatic rings. The fraction of sp³-hybridized carbons (Fsp3) is 0.526. The molecule has 0 spiro atoms. The maximum absolute atomic E-state index is 12.5. The van der Waals surface area contributed by atoms with Crippen molar-refractivity contribution in [2.45, 2.75) is 45.1 Å². The van der Waals surface area contributed by atoms with Crippen molar-refractivity contribution < 1.29 is 4.79 Å². The predicted octanol–water partition coefficient (Wildman–Crippen LogP) is 3.29. The Labute approximate surface area is 138 Å². The van der Waals surface area contributed by atoms with Crippen LogP contribution in [0.15, 0.2) is 24.3 Å². The standard InChI is InChI=1S/C19H27N3O/c1-19(2,3)14-8-7-13-10-17(21-16(13)11-14)18(23)20-15-6-5-9-22(4)12-15/h7-8,10-11,15,21H,5-6,9,12H2,1-4H3,(H,20,23)/t15-/m1/s1. The molecule has 2 N–H and O–H groups in total. The van der Waals surface area contributed by atoms with Gasteiger partial charge in [0.2, 0.25) is 0 Å². The number of hydrogen-bond donors (Lipinski definition) is 2. The van der Waals surface area contributed by atoms with Gasteiger partial charge in [0.1, 0.15) is 5.69 Å². The molecule has 0 saturated carbocycles. The predicted molar refractivity (Wildman–Crippen MR) is 95.0 cm³/mol. The van der Waals surface area contributed by atoms with Crippen molar-refractivity contribution in [3.8, 4) is 0 Å². The summed E-state index contributed by atoms with van der Waals surface area (Å²) >= 11 is 0. The van der Waals surface area contributed by atoms with Crippen LogP contribution < -0.4 is 5.32 Å². The number of H-pyrrole nitrogens is 1. The van der Waals surface area contributed by atoms with Gasteiger partial charge in [-0.05, 0) is 49.5 Å². The topological polar surface area (TPSA) is 48.1 Å². The average Bonchev–Trinajstić information content (AvgIpc) is 2.89. The van der Waals surface area contributed by atoms with Crippen LogP contribution in [-0.2, 0) is 5.41 Å². The molecule has 1 aromatic heterocycles. The van der Waals surface area contributed by atoms with E-state index in [1.165, 1.54) is 5.56 Å². The number of likely N-dealkylation sites (N-methyl/N-ethyl adjacent to an activating group) is 1. The van der Waals surface area contributed by atoms with E-state index in [0.29, 0.717) is 5.69 Å². The second-order valence-corrected chi connectivity index (χ2v) is 7.81. The lowest BCUT2D eigenvalue weighted by molar-refractivity contribution is 0.0908. The summed E-state index contributed by atoms with van der Waals surface area (Å²) in [5, 5.41) is 4.25. The van der Waals surface area contributed by atoms with Crippen LogP contribution in [0, 0.1) is 0 Å². The van der Waals surface area contributed by atoms with Crippen LogP contribution in [0.3, 0.4) is 0 Å². The fourth-order valence-corrected chi connectivity index (χ4v) is 3.26. The second-order valence-electron chi connectivity index (χ2n) is 7.81. The monoisotopic (exact) mass is 313 g/mol. The van der Waals surface area contributed by atoms with Gasteiger partial charge in [0.05, 0.1) is 0 Å². The summed E-state index contributed by atoms with van der Waals surface area (Å²) in [4.78, 5) is 18.1. The molecule has 4 heteroatoms. The molecule has 2 heterocycles. The SMILES string of the molecule is CN1CCC[C@@H](NC(=O)c2cc3ccc(C(C)(C)C)cc3[nH]2)C1. The van der Waals surface area contributed by atoms with Crippen LogP contribution in [0.25, 0.3) is 10.9 Å². The summed E-state index contributed by atoms with van der Waals surface area (Å²) in [5.41, 5.74) is 3.06. The molecule has 3 rings (SSSR count). The molecule has 4 nitrogen and oxygen atoms in total. The van der Waals surface area contributed by atoms with E-state index < -0.39 is 0 Å². The Morgan fingerprint density at radius 3 is 2.78 bits per heavy atom. The first kappa shape index (κ1) is 16.1. The van der Waals surface area contributed by atoms with Gasteiger partial charge in [-0.2, -0.15) is 0 Å². The zero-order chi connectivity index (χ0) is 16.6. The molecule has 0 radical (unpaired) electrons. The first-order valence-corrected chi connectivity index (χ1v) is 8.45. The number of rotatable bonds is 2. The summed E-state index contributed by atoms with van der Waals surface area (Å²) in [7, 11) is 2.11. The lowest BCUT2D eigenvalue weighted by atomic mass is 9.87. The molecule has 124 valence electrons. The smallest absolute Gasteiger partial charge is 0.267 e. The van der Waals surface area contributed by atoms with Crippen molar-refractivity contribution in [1.82, 2.24) is 15.2 Å². The zero-order valence-electron chi connectivity index (χ0n) is 14.6. The van der Waals surface area contributed by atoms with Gasteiger partial charge in [0.15, 0.2) is 0 Å². The summed E-state index contributed by atoms with van der Waals surface area (Å²) < 4.78 is 0. The van der Waals surface area contributed by atoms with Crippen molar-refractivity contribution in [2.75, 3.05) is 20.1 Å². The molecule has 23 heavy (non-hydrogen) atoms. The van der Waals surface area contributed by atoms with Gasteiger partial charge < -0.3 is 15.2 Å². The van der Waals surface area contributed by atoms with Crippen molar-refractivity contribution in [3.05, 3.63) is 35.5 Å². The van der Waals surface area contributed by atoms with Crippen LogP contribution in [0.1, 0.15) is 49.7 Å². The molecule has 1 aromatic carbocycles. The summed E-state index contributed by atoms with van der Waals surface area (Å²) in [5.74, 6) is -0.00110. The average molecular weight is 313 g/mol. The molecular weight excluding hydrogens is 286 g/mol. The summed E-state index contributed by atoms with van der Waals surface area (Å²) in [6.07, 6.45) is 2.20. The van der Waals surface area contributed by atoms with E-state index in [0.717, 1.165) is 36.8 Å². The third-order valence-electron chi connectivity index (χ3n) is 4.69. The van der Waals surface area contributed by atoms with E-state index in [-0.39, 0.29) is 17.4 Å². The molecule has 0 unspecified atom stereocenters. The molecule has 0 bridgehead atoms. The van der Waals surface area contributed by atoms with E-state index in [4.69, 9.17) is 0 Å². The van der Waals surface area contributed by atoms with E-state index in [1.54, 1.807) is 0 Å². The number of carbonyl (C=O) groups excluding carboxylic acids is 1. The van der Waals surface area contributed by atoms with Gasteiger partial charge in [0, 0.05) is 23.5 Å². The van der Waals surface area contributed by atoms with Crippen molar-refractivity contribution in [3.63, 3.8) is 0 Å². The van der Waals surface area contributed by atoms with Gasteiger partial charge >= 0.3 is 0 Å². The van der Waals surface area contributed by atoms with Gasteiger partial charge in [-0.1, -0.05) is 32.9 Å². The van der Waals surface area contributed by atoms with Crippen LogP contribution in [0.4, 0.5) is 0 Å². The Hall–Kier alpha value is -1.81. The third-order valence-corrected chi connectivity index (χ3v) is 4.69. The molecule has 0 aliphatic carbocycles. The molecule has 1 amide bonds. The minimum atomic E-state index is -0.00110. The summed E-state index contributed by atoms with van der Waals surface area (Å²) in [6.45, 7) is 8.65. The lowest BCUT2D eigenvalue weighted by Gasteiger charge is -2.30. The lowest BCUT2D eigenvalue weighted by Crippen LogP contribution is -2.46. The Balaban J connectivity index is 1.78. The summed E-state index contributed by atoms with van der Waals surface area (Å²) in [6, 6.07) is 8.59. The van der Waals surface area contributed by atoms with E-state index in [9.17, 15) is 4.79 Å². The number of nitrogens with one attached hydrogen (secondary N) is 2. The third kappa shape index (κ3) is 3.58. The quantitative estimate of drug-likeness (QED) is 0.894. The molecule has 1 atom stereocenters. The molecule has 1 fully saturated rings. The maximum Gasteiger partial charge on any atom is 0.267 e. The number of carbonyl (C=O) groups is 1. The van der Waals surface area contributed by atoms with Crippen molar-refractivity contribution in [2.24, 2.45) is 0 Å². The van der Waals surface area contributed by atoms with Gasteiger partial charge in [-0.15, -0.1) is 0 Å². The van der Waals surface area contributed by atoms with Crippen molar-refractivity contribution >= 4 is 16.8 Å². The number of hydrogen-bond acceptors (Lipinski definition) is 2. The zero-order valence-corrected chi connectivity index (χ0v) is 14.6. The Morgan fingerprint density at radius 2 is 2.09 bits per heavy atom. The van der Waals surface area contributed by atoms with E-state index in [1.807, 2.05) is 6.07 Å². The molecule has 1 aliphatic rings. The Bertz CT molecular complexity index is 711. The minimum absolute atomic E-state index is 0.00110. The van der Waals surface area contributed by atoms with Crippen LogP contribution in [-0.4, -0.2) is 42.0 Å². The van der Waals surface area contributed by atoms with Gasteiger partial charge in [0.25, 0.3) is 5.91 Å². The van der Waals surface area contributed by atoms with E-state index >= 15 is 0 Å². The molecule has 1 aliphatic heterocycles. The molecular formula is C19H27N3O. The normalized spacial score (nSPS) is 19.9.